The average Bonchev–Trinajstić information content (AvgIpc) is 2.36. The van der Waals surface area contributed by atoms with E-state index in [0.717, 1.165) is 5.69 Å². The Bertz CT molecular complexity index is 693. The highest BCUT2D eigenvalue weighted by atomic mass is 35.5. The molecule has 0 unspecified atom stereocenters. The smallest absolute Gasteiger partial charge is 0.349 e. The van der Waals surface area contributed by atoms with Crippen molar-refractivity contribution in [2.45, 2.75) is 13.8 Å². The zero-order valence-electron chi connectivity index (χ0n) is 11.0. The number of halogens is 1. The topological polar surface area (TPSA) is 71.3 Å². The summed E-state index contributed by atoms with van der Waals surface area (Å²) in [4.78, 5) is 23.2. The molecular formula is C14H13ClN2O3. The predicted molar refractivity (Wildman–Crippen MR) is 78.4 cm³/mol. The Morgan fingerprint density at radius 1 is 1.20 bits per heavy atom. The lowest BCUT2D eigenvalue weighted by atomic mass is 10.1. The van der Waals surface area contributed by atoms with Crippen LogP contribution >= 0.6 is 11.6 Å². The van der Waals surface area contributed by atoms with Crippen molar-refractivity contribution in [3.05, 3.63) is 57.1 Å². The van der Waals surface area contributed by atoms with E-state index in [4.69, 9.17) is 16.0 Å². The second-order valence-electron chi connectivity index (χ2n) is 4.25. The first-order valence-electron chi connectivity index (χ1n) is 5.90. The summed E-state index contributed by atoms with van der Waals surface area (Å²) in [6.07, 6.45) is 0. The van der Waals surface area contributed by atoms with Crippen molar-refractivity contribution < 1.29 is 9.21 Å². The third kappa shape index (κ3) is 3.19. The van der Waals surface area contributed by atoms with Crippen LogP contribution in [-0.2, 0) is 0 Å². The van der Waals surface area contributed by atoms with Crippen molar-refractivity contribution in [1.82, 2.24) is 0 Å². The van der Waals surface area contributed by atoms with Gasteiger partial charge in [0.1, 0.15) is 11.3 Å². The third-order valence-corrected chi connectivity index (χ3v) is 2.86. The molecule has 1 heterocycles. The Hall–Kier alpha value is -2.27. The van der Waals surface area contributed by atoms with Crippen molar-refractivity contribution in [3.63, 3.8) is 0 Å². The zero-order valence-corrected chi connectivity index (χ0v) is 11.7. The van der Waals surface area contributed by atoms with E-state index < -0.39 is 5.63 Å². The van der Waals surface area contributed by atoms with Gasteiger partial charge in [0.25, 0.3) is 0 Å². The number of ketones is 1. The number of aryl methyl sites for hydroxylation is 1. The predicted octanol–water partition coefficient (Wildman–Crippen LogP) is 3.24. The maximum absolute atomic E-state index is 11.7. The fourth-order valence-corrected chi connectivity index (χ4v) is 1.84. The summed E-state index contributed by atoms with van der Waals surface area (Å²) in [5, 5.41) is 0.621. The highest BCUT2D eigenvalue weighted by Gasteiger charge is 2.14. The summed E-state index contributed by atoms with van der Waals surface area (Å²) in [5.41, 5.74) is 6.18. The molecule has 0 amide bonds. The van der Waals surface area contributed by atoms with E-state index in [0.29, 0.717) is 16.5 Å². The summed E-state index contributed by atoms with van der Waals surface area (Å²) in [6, 6.07) is 8.56. The minimum atomic E-state index is -0.655. The average molecular weight is 293 g/mol. The molecule has 0 saturated carbocycles. The first kappa shape index (κ1) is 14.1. The molecule has 0 fully saturated rings. The molecule has 6 heteroatoms. The summed E-state index contributed by atoms with van der Waals surface area (Å²) >= 11 is 5.79. The van der Waals surface area contributed by atoms with Gasteiger partial charge in [-0.1, -0.05) is 11.6 Å². The fourth-order valence-electron chi connectivity index (χ4n) is 1.72. The van der Waals surface area contributed by atoms with Gasteiger partial charge in [-0.15, -0.1) is 0 Å². The Kier molecular flexibility index (Phi) is 4.10. The minimum Gasteiger partial charge on any atom is -0.428 e. The SMILES string of the molecule is CC(=O)c1c(NNc2ccc(Cl)cc2)cc(C)oc1=O. The molecule has 104 valence electrons. The maximum atomic E-state index is 11.7. The number of rotatable bonds is 4. The summed E-state index contributed by atoms with van der Waals surface area (Å²) in [7, 11) is 0. The van der Waals surface area contributed by atoms with Crippen LogP contribution in [0.4, 0.5) is 11.4 Å². The van der Waals surface area contributed by atoms with E-state index in [9.17, 15) is 9.59 Å². The number of anilines is 2. The van der Waals surface area contributed by atoms with Gasteiger partial charge >= 0.3 is 5.63 Å². The van der Waals surface area contributed by atoms with E-state index in [1.54, 1.807) is 37.3 Å². The van der Waals surface area contributed by atoms with Crippen molar-refractivity contribution in [1.29, 1.82) is 0 Å². The summed E-state index contributed by atoms with van der Waals surface area (Å²) in [6.45, 7) is 2.95. The van der Waals surface area contributed by atoms with Gasteiger partial charge in [-0.25, -0.2) is 4.79 Å². The van der Waals surface area contributed by atoms with Gasteiger partial charge in [0.2, 0.25) is 0 Å². The number of hydrogen-bond acceptors (Lipinski definition) is 5. The van der Waals surface area contributed by atoms with Crippen LogP contribution in [0.15, 0.2) is 39.5 Å². The van der Waals surface area contributed by atoms with Gasteiger partial charge in [0, 0.05) is 11.1 Å². The molecule has 2 aromatic rings. The lowest BCUT2D eigenvalue weighted by Crippen LogP contribution is -2.19. The van der Waals surface area contributed by atoms with Crippen LogP contribution in [-0.4, -0.2) is 5.78 Å². The van der Waals surface area contributed by atoms with Crippen LogP contribution in [0.3, 0.4) is 0 Å². The highest BCUT2D eigenvalue weighted by Crippen LogP contribution is 2.17. The van der Waals surface area contributed by atoms with Crippen LogP contribution in [0.2, 0.25) is 5.02 Å². The van der Waals surface area contributed by atoms with E-state index in [1.807, 2.05) is 0 Å². The molecule has 5 nitrogen and oxygen atoms in total. The molecule has 0 aliphatic carbocycles. The number of carbonyl (C=O) groups excluding carboxylic acids is 1. The van der Waals surface area contributed by atoms with Gasteiger partial charge in [0.15, 0.2) is 5.78 Å². The molecule has 2 rings (SSSR count). The second kappa shape index (κ2) is 5.79. The van der Waals surface area contributed by atoms with E-state index in [-0.39, 0.29) is 11.3 Å². The van der Waals surface area contributed by atoms with Crippen molar-refractivity contribution in [2.75, 3.05) is 10.9 Å². The van der Waals surface area contributed by atoms with Gasteiger partial charge in [-0.2, -0.15) is 0 Å². The van der Waals surface area contributed by atoms with Gasteiger partial charge in [0.05, 0.1) is 11.4 Å². The van der Waals surface area contributed by atoms with E-state index in [2.05, 4.69) is 10.9 Å². The van der Waals surface area contributed by atoms with Crippen molar-refractivity contribution in [3.8, 4) is 0 Å². The number of benzene rings is 1. The van der Waals surface area contributed by atoms with Crippen LogP contribution < -0.4 is 16.5 Å². The Morgan fingerprint density at radius 3 is 2.45 bits per heavy atom. The molecule has 1 aromatic heterocycles. The molecule has 0 radical (unpaired) electrons. The molecule has 0 spiro atoms. The van der Waals surface area contributed by atoms with Crippen molar-refractivity contribution in [2.24, 2.45) is 0 Å². The van der Waals surface area contributed by atoms with Gasteiger partial charge in [-0.3, -0.25) is 10.2 Å². The fraction of sp³-hybridized carbons (Fsp3) is 0.143. The molecular weight excluding hydrogens is 280 g/mol. The van der Waals surface area contributed by atoms with Crippen LogP contribution in [0.5, 0.6) is 0 Å². The number of hydrogen-bond donors (Lipinski definition) is 2. The number of nitrogens with one attached hydrogen (secondary N) is 2. The van der Waals surface area contributed by atoms with Gasteiger partial charge < -0.3 is 9.84 Å². The molecule has 0 atom stereocenters. The molecule has 0 aliphatic heterocycles. The standard InChI is InChI=1S/C14H13ClN2O3/c1-8-7-12(13(9(2)18)14(19)20-8)17-16-11-5-3-10(15)4-6-11/h3-7,16-17H,1-2H3. The monoisotopic (exact) mass is 292 g/mol. The normalized spacial score (nSPS) is 10.2. The van der Waals surface area contributed by atoms with E-state index >= 15 is 0 Å². The third-order valence-electron chi connectivity index (χ3n) is 2.61. The van der Waals surface area contributed by atoms with Crippen LogP contribution in [0.25, 0.3) is 0 Å². The van der Waals surface area contributed by atoms with E-state index in [1.165, 1.54) is 6.92 Å². The summed E-state index contributed by atoms with van der Waals surface area (Å²) in [5.74, 6) is 0.0552. The summed E-state index contributed by atoms with van der Waals surface area (Å²) < 4.78 is 4.92. The minimum absolute atomic E-state index is 0.0166. The van der Waals surface area contributed by atoms with Crippen LogP contribution in [0, 0.1) is 6.92 Å². The molecule has 0 bridgehead atoms. The second-order valence-corrected chi connectivity index (χ2v) is 4.68. The first-order chi connectivity index (χ1) is 9.47. The lowest BCUT2D eigenvalue weighted by Gasteiger charge is -2.12. The number of Topliss-reactive ketones (excluding diaryl/α,β-unsaturated/α-hetero) is 1. The lowest BCUT2D eigenvalue weighted by molar-refractivity contribution is 0.101. The first-order valence-corrected chi connectivity index (χ1v) is 6.28. The molecule has 1 aromatic carbocycles. The Morgan fingerprint density at radius 2 is 1.85 bits per heavy atom. The molecule has 0 aliphatic rings. The Balaban J connectivity index is 2.27. The maximum Gasteiger partial charge on any atom is 0.349 e. The molecule has 0 saturated heterocycles. The highest BCUT2D eigenvalue weighted by molar-refractivity contribution is 6.30. The number of hydrazine groups is 1. The van der Waals surface area contributed by atoms with Crippen LogP contribution in [0.1, 0.15) is 23.0 Å². The molecule has 2 N–H and O–H groups in total. The quantitative estimate of drug-likeness (QED) is 0.668. The zero-order chi connectivity index (χ0) is 14.7. The number of carbonyl (C=O) groups is 1. The molecule has 20 heavy (non-hydrogen) atoms. The van der Waals surface area contributed by atoms with Gasteiger partial charge in [-0.05, 0) is 38.1 Å². The Labute approximate surface area is 120 Å². The van der Waals surface area contributed by atoms with Crippen molar-refractivity contribution >= 4 is 28.8 Å². The largest absolute Gasteiger partial charge is 0.428 e.